The quantitative estimate of drug-likeness (QED) is 0.0246. The summed E-state index contributed by atoms with van der Waals surface area (Å²) in [6, 6.07) is 0. The minimum atomic E-state index is -5.17. The fraction of sp³-hybridized carbons (Fsp3) is 0.891. The lowest BCUT2D eigenvalue weighted by atomic mass is 9.84. The number of esters is 1. The zero-order chi connectivity index (χ0) is 60.9. The van der Waals surface area contributed by atoms with Gasteiger partial charge in [0.15, 0.2) is 12.2 Å². The van der Waals surface area contributed by atoms with Crippen LogP contribution in [0.5, 0.6) is 0 Å². The lowest BCUT2D eigenvalue weighted by Gasteiger charge is -2.34. The Morgan fingerprint density at radius 1 is 0.750 bits per heavy atom. The Morgan fingerprint density at radius 2 is 1.30 bits per heavy atom. The van der Waals surface area contributed by atoms with Gasteiger partial charge in [0.05, 0.1) is 73.6 Å². The summed E-state index contributed by atoms with van der Waals surface area (Å²) in [5, 5.41) is 141. The molecule has 16 unspecified atom stereocenters. The molecule has 0 spiro atoms. The topological polar surface area (TPSA) is 452 Å². The number of hydrogen-bond donors (Lipinski definition) is 15. The lowest BCUT2D eigenvalue weighted by molar-refractivity contribution is -0.202. The summed E-state index contributed by atoms with van der Waals surface area (Å²) in [4.78, 5) is 18.2. The van der Waals surface area contributed by atoms with E-state index in [1.54, 1.807) is 6.92 Å². The summed E-state index contributed by atoms with van der Waals surface area (Å²) in [5.41, 5.74) is 12.4. The van der Waals surface area contributed by atoms with Crippen molar-refractivity contribution in [3.63, 3.8) is 0 Å². The van der Waals surface area contributed by atoms with Crippen molar-refractivity contribution >= 4 is 22.3 Å². The molecule has 472 valence electrons. The molecule has 80 heavy (non-hydrogen) atoms. The van der Waals surface area contributed by atoms with Gasteiger partial charge in [-0.1, -0.05) is 64.7 Å². The fourth-order valence-electron chi connectivity index (χ4n) is 10.3. The molecule has 25 heteroatoms. The molecule has 0 saturated carbocycles. The normalized spacial score (nSPS) is 37.0. The molecule has 0 aliphatic carbocycles. The third-order valence-electron chi connectivity index (χ3n) is 15.2. The lowest BCUT2D eigenvalue weighted by Crippen LogP contribution is -2.42. The predicted octanol–water partition coefficient (Wildman–Crippen LogP) is 0.910. The molecule has 17 N–H and O–H groups in total. The molecule has 2 rings (SSSR count). The third kappa shape index (κ3) is 32.0. The first-order valence-corrected chi connectivity index (χ1v) is 30.1. The maximum Gasteiger partial charge on any atom is 0.311 e. The van der Waals surface area contributed by atoms with Gasteiger partial charge >= 0.3 is 5.97 Å². The Bertz CT molecular complexity index is 1870. The number of allylic oxidation sites excluding steroid dienone is 1. The van der Waals surface area contributed by atoms with Crippen LogP contribution in [0.3, 0.4) is 0 Å². The number of cyclic esters (lactones) is 1. The number of nitrogens with zero attached hydrogens (tertiary/aromatic N) is 1. The number of ether oxygens (including phenoxy) is 3. The van der Waals surface area contributed by atoms with Gasteiger partial charge in [-0.3, -0.25) is 18.2 Å². The maximum atomic E-state index is 14.2. The first kappa shape index (κ1) is 75.5. The van der Waals surface area contributed by atoms with Crippen molar-refractivity contribution in [1.82, 2.24) is 0 Å². The van der Waals surface area contributed by atoms with E-state index in [1.165, 1.54) is 6.08 Å². The second kappa shape index (κ2) is 39.9. The van der Waals surface area contributed by atoms with Crippen LogP contribution in [-0.4, -0.2) is 207 Å². The highest BCUT2D eigenvalue weighted by atomic mass is 32.3. The zero-order valence-corrected chi connectivity index (χ0v) is 48.9. The number of nitrogens with two attached hydrogens (primary N) is 2. The maximum absolute atomic E-state index is 14.2. The third-order valence-corrected chi connectivity index (χ3v) is 15.2. The van der Waals surface area contributed by atoms with E-state index in [1.807, 2.05) is 40.7 Å². The molecule has 1 saturated heterocycles. The summed E-state index contributed by atoms with van der Waals surface area (Å²) in [5.74, 6) is -2.64. The van der Waals surface area contributed by atoms with Crippen molar-refractivity contribution in [1.29, 1.82) is 0 Å². The van der Waals surface area contributed by atoms with Gasteiger partial charge in [0.25, 0.3) is 0 Å². The molecule has 1 fully saturated rings. The molecule has 0 radical (unpaired) electrons. The number of aliphatic imine (C=N–C) groups is 1. The Labute approximate surface area is 474 Å². The highest BCUT2D eigenvalue weighted by molar-refractivity contribution is 7.79. The van der Waals surface area contributed by atoms with Gasteiger partial charge in [-0.25, -0.2) is 0 Å². The molecule has 0 aromatic carbocycles. The highest BCUT2D eigenvalue weighted by Gasteiger charge is 2.45. The number of aliphatic hydroxyl groups is 13. The van der Waals surface area contributed by atoms with Crippen molar-refractivity contribution in [3.8, 4) is 0 Å². The SMILES string of the molecule is CCCCC1C(=O)OC(C(C)C(O)CCCN=C(N)N)C(C)/C=C(\C)CCCCC(O)CC(O)CC(O)CC(O)CC(O)C(O[C@H]2O[C@H](CO)[C@@H](O)[C@@H]2O)/C=C(\C)C(O)CCCC(O)CCCC(O)CCC(C)C1O.O=S(=O)([O-])[O-]. The number of carbonyl (C=O) groups is 1. The molecule has 2 aliphatic rings. The molecule has 0 amide bonds. The molecular formula is C55H103N3O21S-2. The Kier molecular flexibility index (Phi) is 37.7. The minimum Gasteiger partial charge on any atom is -0.759 e. The Morgan fingerprint density at radius 3 is 1.86 bits per heavy atom. The minimum absolute atomic E-state index is 0.0266. The summed E-state index contributed by atoms with van der Waals surface area (Å²) in [6.45, 7) is 10.9. The number of unbranched alkanes of at least 4 members (excludes halogenated alkanes) is 1. The van der Waals surface area contributed by atoms with Crippen molar-refractivity contribution in [2.75, 3.05) is 13.2 Å². The number of aliphatic hydroxyl groups excluding tert-OH is 13. The Hall–Kier alpha value is -2.51. The summed E-state index contributed by atoms with van der Waals surface area (Å²) in [7, 11) is -5.17. The Balaban J connectivity index is 0.00000610. The van der Waals surface area contributed by atoms with Crippen molar-refractivity contribution in [2.45, 2.75) is 274 Å². The van der Waals surface area contributed by atoms with Crippen LogP contribution in [0.25, 0.3) is 0 Å². The second-order valence-electron chi connectivity index (χ2n) is 22.6. The van der Waals surface area contributed by atoms with Gasteiger partial charge in [-0.2, -0.15) is 0 Å². The second-order valence-corrected chi connectivity index (χ2v) is 23.4. The van der Waals surface area contributed by atoms with E-state index in [9.17, 15) is 71.2 Å². The largest absolute Gasteiger partial charge is 0.759 e. The van der Waals surface area contributed by atoms with Gasteiger partial charge in [0, 0.05) is 35.2 Å². The monoisotopic (exact) mass is 1170 g/mol. The molecule has 24 nitrogen and oxygen atoms in total. The van der Waals surface area contributed by atoms with Gasteiger partial charge in [0.2, 0.25) is 0 Å². The molecule has 20 atom stereocenters. The average Bonchev–Trinajstić information content (AvgIpc) is 3.63. The fourth-order valence-corrected chi connectivity index (χ4v) is 10.3. The number of guanidine groups is 1. The predicted molar refractivity (Wildman–Crippen MR) is 295 cm³/mol. The van der Waals surface area contributed by atoms with Crippen LogP contribution in [0.2, 0.25) is 0 Å². The van der Waals surface area contributed by atoms with Crippen LogP contribution in [0, 0.1) is 23.7 Å². The average molecular weight is 1170 g/mol. The van der Waals surface area contributed by atoms with Crippen LogP contribution in [0.1, 0.15) is 176 Å². The van der Waals surface area contributed by atoms with Crippen LogP contribution in [-0.2, 0) is 29.4 Å². The summed E-state index contributed by atoms with van der Waals surface area (Å²) in [6.07, 6.45) is -7.42. The molecule has 0 aromatic rings. The number of carbonyl (C=O) groups excluding carboxylic acids is 1. The van der Waals surface area contributed by atoms with Crippen LogP contribution in [0.4, 0.5) is 0 Å². The highest BCUT2D eigenvalue weighted by Crippen LogP contribution is 2.32. The van der Waals surface area contributed by atoms with Gasteiger partial charge in [0.1, 0.15) is 30.5 Å². The van der Waals surface area contributed by atoms with Gasteiger partial charge in [-0.15, -0.1) is 0 Å². The number of rotatable bonds is 12. The number of hydrogen-bond acceptors (Lipinski definition) is 22. The summed E-state index contributed by atoms with van der Waals surface area (Å²) < 4.78 is 51.8. The zero-order valence-electron chi connectivity index (χ0n) is 48.1. The van der Waals surface area contributed by atoms with Gasteiger partial charge < -0.3 is 101 Å². The van der Waals surface area contributed by atoms with E-state index in [4.69, 9.17) is 43.2 Å². The van der Waals surface area contributed by atoms with Crippen LogP contribution >= 0.6 is 0 Å². The van der Waals surface area contributed by atoms with E-state index >= 15 is 0 Å². The van der Waals surface area contributed by atoms with Gasteiger partial charge in [-0.05, 0) is 134 Å². The van der Waals surface area contributed by atoms with E-state index in [-0.39, 0.29) is 49.9 Å². The first-order chi connectivity index (χ1) is 37.4. The standard InChI is InChI=1S/C55H103N3O17.H2O4S/c1-7-8-19-43-49(69)33(3)22-23-38(61)17-11-16-37(60)18-12-20-44(66)34(4)26-47(73-54-51(71)50(70)48(31-59)74-54)46(68)30-42(65)29-41(64)28-40(63)27-39(62)15-10-9-14-32(2)25-35(5)52(75-53(43)72)36(6)45(67)21-13-24-58-55(56)57;1-5(2,3)4/h25-26,33,35-52,54,59-71H,7-24,27-31H2,1-6H3,(H4,56,57,58);(H2,1,2,3,4)/p-2/b32-25+,34-26+;/t33?,35?,36?,37?,38?,39?,40?,41?,42?,43?,44?,45?,46?,47?,48-,49?,50-,51+,52?,54+;/m1./s1. The van der Waals surface area contributed by atoms with E-state index in [0.717, 1.165) is 12.0 Å². The van der Waals surface area contributed by atoms with Crippen molar-refractivity contribution in [2.24, 2.45) is 40.1 Å². The molecule has 2 aliphatic heterocycles. The molecule has 2 heterocycles. The van der Waals surface area contributed by atoms with Crippen molar-refractivity contribution in [3.05, 3.63) is 23.3 Å². The van der Waals surface area contributed by atoms with Crippen molar-refractivity contribution < 1.29 is 103 Å². The van der Waals surface area contributed by atoms with Crippen LogP contribution < -0.4 is 11.5 Å². The molecular weight excluding hydrogens is 1070 g/mol. The molecule has 0 bridgehead atoms. The summed E-state index contributed by atoms with van der Waals surface area (Å²) >= 11 is 0. The van der Waals surface area contributed by atoms with Crippen LogP contribution in [0.15, 0.2) is 28.3 Å². The smallest absolute Gasteiger partial charge is 0.311 e. The van der Waals surface area contributed by atoms with E-state index < -0.39 is 133 Å². The van der Waals surface area contributed by atoms with E-state index in [2.05, 4.69) is 4.99 Å². The van der Waals surface area contributed by atoms with E-state index in [0.29, 0.717) is 108 Å². The first-order valence-electron chi connectivity index (χ1n) is 28.7. The molecule has 0 aromatic heterocycles.